The van der Waals surface area contributed by atoms with Crippen LogP contribution < -0.4 is 9.64 Å². The summed E-state index contributed by atoms with van der Waals surface area (Å²) in [6.07, 6.45) is 0.0375. The fraction of sp³-hybridized carbons (Fsp3) is 0.222. The lowest BCUT2D eigenvalue weighted by atomic mass is 10.2. The molecule has 0 unspecified atom stereocenters. The van der Waals surface area contributed by atoms with E-state index >= 15 is 0 Å². The zero-order valence-electron chi connectivity index (χ0n) is 12.7. The lowest BCUT2D eigenvalue weighted by Gasteiger charge is -2.17. The van der Waals surface area contributed by atoms with E-state index in [1.807, 2.05) is 31.2 Å². The first-order valence-corrected chi connectivity index (χ1v) is 7.42. The maximum Gasteiger partial charge on any atom is 0.335 e. The number of carboxylic acids is 1. The summed E-state index contributed by atoms with van der Waals surface area (Å²) in [6.45, 7) is 2.50. The van der Waals surface area contributed by atoms with Gasteiger partial charge in [0.1, 0.15) is 5.75 Å². The second kappa shape index (κ2) is 6.12. The zero-order valence-corrected chi connectivity index (χ0v) is 12.7. The lowest BCUT2D eigenvalue weighted by Crippen LogP contribution is -2.32. The topological polar surface area (TPSA) is 66.8 Å². The van der Waals surface area contributed by atoms with Crippen LogP contribution in [-0.4, -0.2) is 29.6 Å². The first-order valence-electron chi connectivity index (χ1n) is 7.42. The molecule has 0 spiro atoms. The molecular weight excluding hydrogens is 294 g/mol. The van der Waals surface area contributed by atoms with E-state index in [4.69, 9.17) is 9.84 Å². The maximum absolute atomic E-state index is 12.5. The molecular formula is C18H17NO4. The van der Waals surface area contributed by atoms with Crippen molar-refractivity contribution in [3.8, 4) is 5.75 Å². The number of amides is 1. The molecule has 1 saturated heterocycles. The number of carbonyl (C=O) groups excluding carboxylic acids is 1. The monoisotopic (exact) mass is 311 g/mol. The summed E-state index contributed by atoms with van der Waals surface area (Å²) in [5.41, 5.74) is 1.88. The van der Waals surface area contributed by atoms with E-state index in [-0.39, 0.29) is 11.5 Å². The molecule has 1 amide bonds. The van der Waals surface area contributed by atoms with Gasteiger partial charge in [-0.05, 0) is 37.3 Å². The third kappa shape index (κ3) is 3.18. The summed E-state index contributed by atoms with van der Waals surface area (Å²) in [6, 6.07) is 13.9. The Balaban J connectivity index is 1.75. The van der Waals surface area contributed by atoms with Gasteiger partial charge in [0.2, 0.25) is 0 Å². The van der Waals surface area contributed by atoms with Crippen LogP contribution >= 0.6 is 0 Å². The van der Waals surface area contributed by atoms with Crippen LogP contribution in [0.15, 0.2) is 48.5 Å². The molecule has 1 aliphatic rings. The molecule has 0 bridgehead atoms. The smallest absolute Gasteiger partial charge is 0.335 e. The molecule has 23 heavy (non-hydrogen) atoms. The van der Waals surface area contributed by atoms with Crippen molar-refractivity contribution in [3.05, 3.63) is 59.7 Å². The molecule has 1 fully saturated rings. The van der Waals surface area contributed by atoms with Crippen LogP contribution in [0.25, 0.3) is 0 Å². The van der Waals surface area contributed by atoms with Crippen LogP contribution in [-0.2, 0) is 4.79 Å². The molecule has 118 valence electrons. The number of anilines is 1. The van der Waals surface area contributed by atoms with Crippen molar-refractivity contribution in [2.24, 2.45) is 0 Å². The van der Waals surface area contributed by atoms with E-state index in [1.54, 1.807) is 17.0 Å². The van der Waals surface area contributed by atoms with E-state index in [2.05, 4.69) is 0 Å². The minimum Gasteiger partial charge on any atom is -0.481 e. The van der Waals surface area contributed by atoms with Crippen molar-refractivity contribution in [2.45, 2.75) is 19.4 Å². The average Bonchev–Trinajstić information content (AvgIpc) is 2.91. The molecule has 1 heterocycles. The van der Waals surface area contributed by atoms with Crippen molar-refractivity contribution in [1.29, 1.82) is 0 Å². The van der Waals surface area contributed by atoms with Gasteiger partial charge in [0.25, 0.3) is 5.91 Å². The van der Waals surface area contributed by atoms with Gasteiger partial charge >= 0.3 is 5.97 Å². The van der Waals surface area contributed by atoms with Crippen molar-refractivity contribution in [2.75, 3.05) is 11.4 Å². The summed E-state index contributed by atoms with van der Waals surface area (Å²) in [5.74, 6) is -0.492. The van der Waals surface area contributed by atoms with E-state index in [1.165, 1.54) is 12.1 Å². The number of rotatable bonds is 4. The summed E-state index contributed by atoms with van der Waals surface area (Å²) in [5, 5.41) is 9.06. The van der Waals surface area contributed by atoms with Crippen molar-refractivity contribution >= 4 is 17.6 Å². The Morgan fingerprint density at radius 2 is 1.96 bits per heavy atom. The SMILES string of the molecule is Cc1ccc(O[C@H]2CCN(c3cccc(C(=O)O)c3)C2=O)cc1. The molecule has 5 nitrogen and oxygen atoms in total. The first kappa shape index (κ1) is 15.1. The van der Waals surface area contributed by atoms with Gasteiger partial charge in [-0.1, -0.05) is 23.8 Å². The molecule has 5 heteroatoms. The lowest BCUT2D eigenvalue weighted by molar-refractivity contribution is -0.122. The van der Waals surface area contributed by atoms with Crippen LogP contribution in [0, 0.1) is 6.92 Å². The van der Waals surface area contributed by atoms with Crippen LogP contribution in [0.4, 0.5) is 5.69 Å². The molecule has 1 aliphatic heterocycles. The van der Waals surface area contributed by atoms with Gasteiger partial charge in [0.15, 0.2) is 6.10 Å². The molecule has 1 atom stereocenters. The highest BCUT2D eigenvalue weighted by Gasteiger charge is 2.34. The molecule has 0 radical (unpaired) electrons. The number of hydrogen-bond donors (Lipinski definition) is 1. The molecule has 3 rings (SSSR count). The van der Waals surface area contributed by atoms with E-state index in [0.29, 0.717) is 24.4 Å². The number of aromatic carboxylic acids is 1. The van der Waals surface area contributed by atoms with Crippen LogP contribution in [0.1, 0.15) is 22.3 Å². The number of aryl methyl sites for hydroxylation is 1. The average molecular weight is 311 g/mol. The largest absolute Gasteiger partial charge is 0.481 e. The summed E-state index contributed by atoms with van der Waals surface area (Å²) in [7, 11) is 0. The number of benzene rings is 2. The molecule has 0 aliphatic carbocycles. The predicted octanol–water partition coefficient (Wildman–Crippen LogP) is 2.88. The van der Waals surface area contributed by atoms with Crippen LogP contribution in [0.3, 0.4) is 0 Å². The van der Waals surface area contributed by atoms with Crippen molar-refractivity contribution < 1.29 is 19.4 Å². The van der Waals surface area contributed by atoms with Gasteiger partial charge < -0.3 is 14.7 Å². The van der Waals surface area contributed by atoms with Gasteiger partial charge in [-0.3, -0.25) is 4.79 Å². The number of carboxylic acid groups (broad SMARTS) is 1. The van der Waals surface area contributed by atoms with Crippen molar-refractivity contribution in [3.63, 3.8) is 0 Å². The molecule has 2 aromatic rings. The second-order valence-electron chi connectivity index (χ2n) is 5.55. The molecule has 2 aromatic carbocycles. The predicted molar refractivity (Wildman–Crippen MR) is 86.0 cm³/mol. The summed E-state index contributed by atoms with van der Waals surface area (Å²) in [4.78, 5) is 25.1. The standard InChI is InChI=1S/C18H17NO4/c1-12-5-7-15(8-6-12)23-16-9-10-19(17(16)20)14-4-2-3-13(11-14)18(21)22/h2-8,11,16H,9-10H2,1H3,(H,21,22)/t16-/m0/s1. The fourth-order valence-electron chi connectivity index (χ4n) is 2.61. The Bertz CT molecular complexity index is 739. The summed E-state index contributed by atoms with van der Waals surface area (Å²) < 4.78 is 5.76. The molecule has 1 N–H and O–H groups in total. The number of ether oxygens (including phenoxy) is 1. The second-order valence-corrected chi connectivity index (χ2v) is 5.55. The first-order chi connectivity index (χ1) is 11.0. The van der Waals surface area contributed by atoms with Crippen molar-refractivity contribution in [1.82, 2.24) is 0 Å². The van der Waals surface area contributed by atoms with E-state index < -0.39 is 12.1 Å². The third-order valence-electron chi connectivity index (χ3n) is 3.86. The highest BCUT2D eigenvalue weighted by Crippen LogP contribution is 2.25. The van der Waals surface area contributed by atoms with Gasteiger partial charge in [-0.15, -0.1) is 0 Å². The van der Waals surface area contributed by atoms with Crippen LogP contribution in [0.5, 0.6) is 5.75 Å². The number of hydrogen-bond acceptors (Lipinski definition) is 3. The zero-order chi connectivity index (χ0) is 16.4. The Morgan fingerprint density at radius 3 is 2.65 bits per heavy atom. The Kier molecular flexibility index (Phi) is 4.02. The highest BCUT2D eigenvalue weighted by molar-refractivity contribution is 6.00. The van der Waals surface area contributed by atoms with Gasteiger partial charge in [-0.2, -0.15) is 0 Å². The van der Waals surface area contributed by atoms with Crippen LogP contribution in [0.2, 0.25) is 0 Å². The number of carbonyl (C=O) groups is 2. The molecule has 0 aromatic heterocycles. The van der Waals surface area contributed by atoms with E-state index in [0.717, 1.165) is 5.56 Å². The number of nitrogens with zero attached hydrogens (tertiary/aromatic N) is 1. The minimum absolute atomic E-state index is 0.145. The normalized spacial score (nSPS) is 17.3. The maximum atomic E-state index is 12.5. The van der Waals surface area contributed by atoms with Gasteiger partial charge in [0.05, 0.1) is 5.56 Å². The summed E-state index contributed by atoms with van der Waals surface area (Å²) >= 11 is 0. The highest BCUT2D eigenvalue weighted by atomic mass is 16.5. The molecule has 0 saturated carbocycles. The third-order valence-corrected chi connectivity index (χ3v) is 3.86. The fourth-order valence-corrected chi connectivity index (χ4v) is 2.61. The van der Waals surface area contributed by atoms with Gasteiger partial charge in [0, 0.05) is 18.7 Å². The van der Waals surface area contributed by atoms with Gasteiger partial charge in [-0.25, -0.2) is 4.79 Å². The Hall–Kier alpha value is -2.82. The Morgan fingerprint density at radius 1 is 1.22 bits per heavy atom. The van der Waals surface area contributed by atoms with E-state index in [9.17, 15) is 9.59 Å². The minimum atomic E-state index is -1.01. The quantitative estimate of drug-likeness (QED) is 0.943. The Labute approximate surface area is 134 Å².